The molecule has 0 fully saturated rings. The minimum atomic E-state index is -0.318. The number of hydrogen-bond acceptors (Lipinski definition) is 4. The van der Waals surface area contributed by atoms with Crippen LogP contribution in [-0.2, 0) is 0 Å². The summed E-state index contributed by atoms with van der Waals surface area (Å²) in [4.78, 5) is 15.7. The lowest BCUT2D eigenvalue weighted by atomic mass is 10.1. The Bertz CT molecular complexity index is 399. The summed E-state index contributed by atoms with van der Waals surface area (Å²) in [7, 11) is 0. The molecule has 1 heterocycles. The van der Waals surface area contributed by atoms with E-state index in [2.05, 4.69) is 15.6 Å². The van der Waals surface area contributed by atoms with Crippen LogP contribution in [0.3, 0.4) is 0 Å². The molecular formula is C9H12N4OS. The van der Waals surface area contributed by atoms with Crippen molar-refractivity contribution < 1.29 is 4.79 Å². The lowest BCUT2D eigenvalue weighted by molar-refractivity contribution is 0.244. The number of amides is 2. The van der Waals surface area contributed by atoms with Gasteiger partial charge in [0, 0.05) is 5.54 Å². The molecule has 2 amide bonds. The Kier molecular flexibility index (Phi) is 3.27. The fraction of sp³-hybridized carbons (Fsp3) is 0.444. The van der Waals surface area contributed by atoms with Crippen LogP contribution in [0.15, 0.2) is 6.20 Å². The summed E-state index contributed by atoms with van der Waals surface area (Å²) in [5, 5.41) is 14.3. The predicted molar refractivity (Wildman–Crippen MR) is 58.7 cm³/mol. The van der Waals surface area contributed by atoms with Crippen LogP contribution < -0.4 is 10.6 Å². The van der Waals surface area contributed by atoms with Gasteiger partial charge in [0.2, 0.25) is 0 Å². The van der Waals surface area contributed by atoms with Crippen LogP contribution in [0.4, 0.5) is 9.93 Å². The quantitative estimate of drug-likeness (QED) is 0.765. The highest BCUT2D eigenvalue weighted by Gasteiger charge is 2.14. The maximum absolute atomic E-state index is 11.4. The summed E-state index contributed by atoms with van der Waals surface area (Å²) in [5.41, 5.74) is -0.292. The highest BCUT2D eigenvalue weighted by atomic mass is 32.1. The molecule has 1 aromatic rings. The van der Waals surface area contributed by atoms with Gasteiger partial charge in [0.05, 0.1) is 6.20 Å². The van der Waals surface area contributed by atoms with E-state index in [1.165, 1.54) is 6.20 Å². The second-order valence-corrected chi connectivity index (χ2v) is 5.00. The maximum Gasteiger partial charge on any atom is 0.321 e. The van der Waals surface area contributed by atoms with Crippen LogP contribution in [0.2, 0.25) is 0 Å². The number of anilines is 1. The highest BCUT2D eigenvalue weighted by molar-refractivity contribution is 7.16. The molecule has 0 bridgehead atoms. The van der Waals surface area contributed by atoms with Crippen molar-refractivity contribution >= 4 is 22.5 Å². The predicted octanol–water partition coefficient (Wildman–Crippen LogP) is 1.93. The van der Waals surface area contributed by atoms with Crippen LogP contribution >= 0.6 is 11.3 Å². The molecule has 1 rings (SSSR count). The molecule has 80 valence electrons. The molecule has 1 aromatic heterocycles. The van der Waals surface area contributed by atoms with E-state index in [0.717, 1.165) is 11.3 Å². The Balaban J connectivity index is 2.56. The van der Waals surface area contributed by atoms with E-state index in [4.69, 9.17) is 5.26 Å². The molecule has 15 heavy (non-hydrogen) atoms. The minimum Gasteiger partial charge on any atom is -0.333 e. The fourth-order valence-electron chi connectivity index (χ4n) is 0.853. The van der Waals surface area contributed by atoms with Crippen molar-refractivity contribution in [1.82, 2.24) is 10.3 Å². The van der Waals surface area contributed by atoms with Gasteiger partial charge in [-0.1, -0.05) is 11.3 Å². The minimum absolute atomic E-state index is 0.292. The second kappa shape index (κ2) is 4.28. The van der Waals surface area contributed by atoms with Gasteiger partial charge < -0.3 is 5.32 Å². The highest BCUT2D eigenvalue weighted by Crippen LogP contribution is 2.16. The fourth-order valence-corrected chi connectivity index (χ4v) is 1.46. The van der Waals surface area contributed by atoms with Crippen molar-refractivity contribution in [3.8, 4) is 6.07 Å². The molecule has 0 aromatic carbocycles. The summed E-state index contributed by atoms with van der Waals surface area (Å²) in [6, 6.07) is 1.63. The van der Waals surface area contributed by atoms with Gasteiger partial charge in [0.25, 0.3) is 0 Å². The molecule has 0 spiro atoms. The largest absolute Gasteiger partial charge is 0.333 e. The van der Waals surface area contributed by atoms with Gasteiger partial charge in [-0.2, -0.15) is 5.26 Å². The zero-order chi connectivity index (χ0) is 11.5. The number of urea groups is 1. The number of carbonyl (C=O) groups excluding carboxylic acids is 1. The summed E-state index contributed by atoms with van der Waals surface area (Å²) in [6.07, 6.45) is 1.43. The maximum atomic E-state index is 11.4. The second-order valence-electron chi connectivity index (χ2n) is 3.97. The van der Waals surface area contributed by atoms with Crippen molar-refractivity contribution in [3.63, 3.8) is 0 Å². The van der Waals surface area contributed by atoms with E-state index in [1.54, 1.807) is 0 Å². The molecule has 0 aliphatic carbocycles. The summed E-state index contributed by atoms with van der Waals surface area (Å²) < 4.78 is 0. The van der Waals surface area contributed by atoms with Gasteiger partial charge in [-0.3, -0.25) is 5.32 Å². The number of nitrogens with one attached hydrogen (secondary N) is 2. The molecule has 5 nitrogen and oxygen atoms in total. The standard InChI is InChI=1S/C9H12N4OS/c1-9(2,3)13-7(14)12-8-11-5-6(4-10)15-8/h5H,1-3H3,(H2,11,12,13,14). The molecule has 0 unspecified atom stereocenters. The van der Waals surface area contributed by atoms with Gasteiger partial charge in [-0.25, -0.2) is 9.78 Å². The van der Waals surface area contributed by atoms with Crippen molar-refractivity contribution in [2.75, 3.05) is 5.32 Å². The lowest BCUT2D eigenvalue weighted by Crippen LogP contribution is -2.43. The van der Waals surface area contributed by atoms with Crippen molar-refractivity contribution in [3.05, 3.63) is 11.1 Å². The number of aromatic nitrogens is 1. The molecule has 2 N–H and O–H groups in total. The Morgan fingerprint density at radius 2 is 2.27 bits per heavy atom. The van der Waals surface area contributed by atoms with Crippen LogP contribution in [0.5, 0.6) is 0 Å². The number of carbonyl (C=O) groups is 1. The van der Waals surface area contributed by atoms with E-state index < -0.39 is 0 Å². The van der Waals surface area contributed by atoms with E-state index in [0.29, 0.717) is 10.0 Å². The third-order valence-electron chi connectivity index (χ3n) is 1.32. The van der Waals surface area contributed by atoms with Crippen LogP contribution in [0.25, 0.3) is 0 Å². The average molecular weight is 224 g/mol. The smallest absolute Gasteiger partial charge is 0.321 e. The summed E-state index contributed by atoms with van der Waals surface area (Å²) in [6.45, 7) is 5.65. The molecule has 0 atom stereocenters. The van der Waals surface area contributed by atoms with E-state index in [9.17, 15) is 4.79 Å². The molecule has 0 aliphatic rings. The Labute approximate surface area is 92.1 Å². The van der Waals surface area contributed by atoms with Gasteiger partial charge >= 0.3 is 6.03 Å². The zero-order valence-corrected chi connectivity index (χ0v) is 9.60. The SMILES string of the molecule is CC(C)(C)NC(=O)Nc1ncc(C#N)s1. The Morgan fingerprint density at radius 3 is 2.73 bits per heavy atom. The molecule has 0 aliphatic heterocycles. The van der Waals surface area contributed by atoms with Crippen LogP contribution in [0.1, 0.15) is 25.6 Å². The first kappa shape index (κ1) is 11.5. The first-order valence-corrected chi connectivity index (χ1v) is 5.17. The van der Waals surface area contributed by atoms with E-state index in [1.807, 2.05) is 26.8 Å². The first-order chi connectivity index (χ1) is 6.90. The van der Waals surface area contributed by atoms with Gasteiger partial charge in [-0.05, 0) is 20.8 Å². The van der Waals surface area contributed by atoms with Gasteiger partial charge in [0.15, 0.2) is 5.13 Å². The van der Waals surface area contributed by atoms with Crippen LogP contribution in [-0.4, -0.2) is 16.6 Å². The number of rotatable bonds is 1. The monoisotopic (exact) mass is 224 g/mol. The van der Waals surface area contributed by atoms with Gasteiger partial charge in [0.1, 0.15) is 10.9 Å². The lowest BCUT2D eigenvalue weighted by Gasteiger charge is -2.19. The molecule has 0 saturated heterocycles. The van der Waals surface area contributed by atoms with Gasteiger partial charge in [-0.15, -0.1) is 0 Å². The number of hydrogen-bond donors (Lipinski definition) is 2. The van der Waals surface area contributed by atoms with Crippen molar-refractivity contribution in [2.45, 2.75) is 26.3 Å². The Hall–Kier alpha value is -1.61. The summed E-state index contributed by atoms with van der Waals surface area (Å²) in [5.74, 6) is 0. The van der Waals surface area contributed by atoms with Crippen molar-refractivity contribution in [2.24, 2.45) is 0 Å². The average Bonchev–Trinajstić information content (AvgIpc) is 2.48. The number of thiazole rings is 1. The summed E-state index contributed by atoms with van der Waals surface area (Å²) >= 11 is 1.14. The third kappa shape index (κ3) is 3.95. The topological polar surface area (TPSA) is 77.8 Å². The number of nitriles is 1. The normalized spacial score (nSPS) is 10.5. The zero-order valence-electron chi connectivity index (χ0n) is 8.79. The Morgan fingerprint density at radius 1 is 1.60 bits per heavy atom. The van der Waals surface area contributed by atoms with E-state index >= 15 is 0 Å². The first-order valence-electron chi connectivity index (χ1n) is 4.36. The molecular weight excluding hydrogens is 212 g/mol. The molecule has 0 saturated carbocycles. The number of nitrogens with zero attached hydrogens (tertiary/aromatic N) is 2. The molecule has 0 radical (unpaired) electrons. The third-order valence-corrected chi connectivity index (χ3v) is 2.14. The van der Waals surface area contributed by atoms with E-state index in [-0.39, 0.29) is 11.6 Å². The van der Waals surface area contributed by atoms with Crippen molar-refractivity contribution in [1.29, 1.82) is 5.26 Å². The molecule has 6 heteroatoms. The van der Waals surface area contributed by atoms with Crippen LogP contribution in [0, 0.1) is 11.3 Å².